The van der Waals surface area contributed by atoms with E-state index < -0.39 is 0 Å². The molecule has 0 saturated carbocycles. The number of hydrogen-bond acceptors (Lipinski definition) is 2. The van der Waals surface area contributed by atoms with Crippen molar-refractivity contribution in [1.29, 1.82) is 0 Å². The van der Waals surface area contributed by atoms with E-state index in [0.717, 1.165) is 8.04 Å². The van der Waals surface area contributed by atoms with Gasteiger partial charge in [-0.15, -0.1) is 0 Å². The van der Waals surface area contributed by atoms with Gasteiger partial charge in [0.1, 0.15) is 5.75 Å². The van der Waals surface area contributed by atoms with Crippen molar-refractivity contribution in [2.75, 3.05) is 7.11 Å². The Labute approximate surface area is 138 Å². The van der Waals surface area contributed by atoms with Crippen LogP contribution in [0.4, 0.5) is 0 Å². The Morgan fingerprint density at radius 3 is 2.58 bits per heavy atom. The minimum Gasteiger partial charge on any atom is -0.497 e. The van der Waals surface area contributed by atoms with Crippen molar-refractivity contribution in [1.82, 2.24) is 0 Å². The Morgan fingerprint density at radius 1 is 1.21 bits per heavy atom. The van der Waals surface area contributed by atoms with Crippen LogP contribution >= 0.6 is 50.1 Å². The van der Waals surface area contributed by atoms with Gasteiger partial charge >= 0.3 is 0 Å². The molecule has 0 radical (unpaired) electrons. The summed E-state index contributed by atoms with van der Waals surface area (Å²) in [5.74, 6) is 0.531. The van der Waals surface area contributed by atoms with Crippen molar-refractivity contribution in [2.45, 2.75) is 0 Å². The second-order valence-electron chi connectivity index (χ2n) is 3.80. The number of benzene rings is 2. The SMILES string of the molecule is COc1ccc(C(=O)c2cc(Br)ccc2I)c(Cl)c1. The highest BCUT2D eigenvalue weighted by Gasteiger charge is 2.16. The van der Waals surface area contributed by atoms with Gasteiger partial charge in [-0.2, -0.15) is 0 Å². The van der Waals surface area contributed by atoms with Gasteiger partial charge in [0.15, 0.2) is 5.78 Å². The Hall–Kier alpha value is -0.590. The third kappa shape index (κ3) is 3.30. The molecule has 2 rings (SSSR count). The van der Waals surface area contributed by atoms with Crippen LogP contribution in [-0.2, 0) is 0 Å². The Morgan fingerprint density at radius 2 is 1.95 bits per heavy atom. The molecule has 0 aromatic heterocycles. The number of methoxy groups -OCH3 is 1. The molecule has 98 valence electrons. The Balaban J connectivity index is 2.47. The van der Waals surface area contributed by atoms with E-state index in [1.807, 2.05) is 12.1 Å². The lowest BCUT2D eigenvalue weighted by molar-refractivity contribution is 0.103. The van der Waals surface area contributed by atoms with Crippen LogP contribution in [0.3, 0.4) is 0 Å². The highest BCUT2D eigenvalue weighted by atomic mass is 127. The molecule has 0 aliphatic carbocycles. The zero-order chi connectivity index (χ0) is 14.0. The minimum absolute atomic E-state index is 0.0987. The molecule has 2 nitrogen and oxygen atoms in total. The van der Waals surface area contributed by atoms with E-state index >= 15 is 0 Å². The first-order valence-corrected chi connectivity index (χ1v) is 7.61. The first kappa shape index (κ1) is 14.8. The van der Waals surface area contributed by atoms with E-state index in [1.165, 1.54) is 0 Å². The molecule has 5 heteroatoms. The summed E-state index contributed by atoms with van der Waals surface area (Å²) >= 11 is 11.6. The normalized spacial score (nSPS) is 10.3. The molecule has 0 fully saturated rings. The van der Waals surface area contributed by atoms with Crippen LogP contribution in [0.15, 0.2) is 40.9 Å². The van der Waals surface area contributed by atoms with Gasteiger partial charge in [-0.1, -0.05) is 27.5 Å². The molecule has 0 spiro atoms. The maximum atomic E-state index is 12.5. The third-order valence-electron chi connectivity index (χ3n) is 2.59. The van der Waals surface area contributed by atoms with Crippen LogP contribution in [0.25, 0.3) is 0 Å². The lowest BCUT2D eigenvalue weighted by Crippen LogP contribution is -2.04. The van der Waals surface area contributed by atoms with E-state index in [-0.39, 0.29) is 5.78 Å². The molecule has 0 N–H and O–H groups in total. The molecule has 2 aromatic carbocycles. The summed E-state index contributed by atoms with van der Waals surface area (Å²) in [5, 5.41) is 0.389. The number of ether oxygens (including phenoxy) is 1. The first-order valence-electron chi connectivity index (χ1n) is 5.36. The zero-order valence-corrected chi connectivity index (χ0v) is 14.4. The van der Waals surface area contributed by atoms with Gasteiger partial charge in [0, 0.05) is 19.2 Å². The predicted octanol–water partition coefficient (Wildman–Crippen LogP) is 4.95. The van der Waals surface area contributed by atoms with Crippen LogP contribution in [0, 0.1) is 3.57 Å². The quantitative estimate of drug-likeness (QED) is 0.488. The number of hydrogen-bond donors (Lipinski definition) is 0. The molecule has 0 atom stereocenters. The minimum atomic E-state index is -0.0987. The highest BCUT2D eigenvalue weighted by molar-refractivity contribution is 14.1. The van der Waals surface area contributed by atoms with Gasteiger partial charge in [-0.05, 0) is 59.0 Å². The summed E-state index contributed by atoms with van der Waals surface area (Å²) < 4.78 is 6.82. The summed E-state index contributed by atoms with van der Waals surface area (Å²) in [6.45, 7) is 0. The van der Waals surface area contributed by atoms with Crippen molar-refractivity contribution in [3.8, 4) is 5.75 Å². The van der Waals surface area contributed by atoms with Gasteiger partial charge in [0.05, 0.1) is 12.1 Å². The monoisotopic (exact) mass is 450 g/mol. The summed E-state index contributed by atoms with van der Waals surface area (Å²) in [4.78, 5) is 12.5. The number of carbonyl (C=O) groups excluding carboxylic acids is 1. The van der Waals surface area contributed by atoms with Gasteiger partial charge in [0.25, 0.3) is 0 Å². The van der Waals surface area contributed by atoms with Crippen molar-refractivity contribution >= 4 is 55.9 Å². The van der Waals surface area contributed by atoms with Gasteiger partial charge in [0.2, 0.25) is 0 Å². The number of carbonyl (C=O) groups is 1. The zero-order valence-electron chi connectivity index (χ0n) is 9.91. The topological polar surface area (TPSA) is 26.3 Å². The van der Waals surface area contributed by atoms with E-state index in [9.17, 15) is 4.79 Å². The first-order chi connectivity index (χ1) is 9.02. The number of halogens is 3. The van der Waals surface area contributed by atoms with Crippen LogP contribution < -0.4 is 4.74 Å². The summed E-state index contributed by atoms with van der Waals surface area (Å²) in [6, 6.07) is 10.6. The van der Waals surface area contributed by atoms with Gasteiger partial charge in [-0.3, -0.25) is 4.79 Å². The molecule has 0 aliphatic rings. The largest absolute Gasteiger partial charge is 0.497 e. The van der Waals surface area contributed by atoms with Crippen LogP contribution in [0.2, 0.25) is 5.02 Å². The molecule has 0 aliphatic heterocycles. The highest BCUT2D eigenvalue weighted by Crippen LogP contribution is 2.27. The smallest absolute Gasteiger partial charge is 0.195 e. The van der Waals surface area contributed by atoms with E-state index in [2.05, 4.69) is 38.5 Å². The average molecular weight is 451 g/mol. The van der Waals surface area contributed by atoms with Gasteiger partial charge in [-0.25, -0.2) is 0 Å². The van der Waals surface area contributed by atoms with Crippen LogP contribution in [0.5, 0.6) is 5.75 Å². The van der Waals surface area contributed by atoms with Crippen LogP contribution in [0.1, 0.15) is 15.9 Å². The third-order valence-corrected chi connectivity index (χ3v) is 4.34. The summed E-state index contributed by atoms with van der Waals surface area (Å²) in [5.41, 5.74) is 1.10. The predicted molar refractivity (Wildman–Crippen MR) is 88.3 cm³/mol. The Kier molecular flexibility index (Phi) is 4.86. The molecular weight excluding hydrogens is 442 g/mol. The second-order valence-corrected chi connectivity index (χ2v) is 6.28. The number of ketones is 1. The second kappa shape index (κ2) is 6.24. The molecular formula is C14H9BrClIO2. The standard InChI is InChI=1S/C14H9BrClIO2/c1-19-9-3-4-10(12(16)7-9)14(18)11-6-8(15)2-5-13(11)17/h2-7H,1H3. The Bertz CT molecular complexity index is 643. The fourth-order valence-corrected chi connectivity index (χ4v) is 2.82. The molecule has 0 unspecified atom stereocenters. The lowest BCUT2D eigenvalue weighted by atomic mass is 10.0. The fraction of sp³-hybridized carbons (Fsp3) is 0.0714. The van der Waals surface area contributed by atoms with E-state index in [1.54, 1.807) is 31.4 Å². The van der Waals surface area contributed by atoms with Crippen molar-refractivity contribution in [3.63, 3.8) is 0 Å². The van der Waals surface area contributed by atoms with Crippen molar-refractivity contribution in [3.05, 3.63) is 60.6 Å². The molecule has 2 aromatic rings. The maximum Gasteiger partial charge on any atom is 0.195 e. The van der Waals surface area contributed by atoms with Crippen LogP contribution in [-0.4, -0.2) is 12.9 Å². The van der Waals surface area contributed by atoms with Crippen molar-refractivity contribution in [2.24, 2.45) is 0 Å². The molecule has 0 saturated heterocycles. The molecule has 0 amide bonds. The summed E-state index contributed by atoms with van der Waals surface area (Å²) in [7, 11) is 1.56. The average Bonchev–Trinajstić information content (AvgIpc) is 2.40. The lowest BCUT2D eigenvalue weighted by Gasteiger charge is -2.08. The molecule has 0 bridgehead atoms. The number of rotatable bonds is 3. The summed E-state index contributed by atoms with van der Waals surface area (Å²) in [6.07, 6.45) is 0. The van der Waals surface area contributed by atoms with E-state index in [0.29, 0.717) is 21.9 Å². The van der Waals surface area contributed by atoms with E-state index in [4.69, 9.17) is 16.3 Å². The fourth-order valence-electron chi connectivity index (χ4n) is 1.62. The molecule has 0 heterocycles. The maximum absolute atomic E-state index is 12.5. The van der Waals surface area contributed by atoms with Gasteiger partial charge < -0.3 is 4.74 Å². The molecule has 19 heavy (non-hydrogen) atoms. The van der Waals surface area contributed by atoms with Crippen molar-refractivity contribution < 1.29 is 9.53 Å².